The zero-order valence-corrected chi connectivity index (χ0v) is 11.5. The highest BCUT2D eigenvalue weighted by Crippen LogP contribution is 2.43. The Bertz CT molecular complexity index is 632. The van der Waals surface area contributed by atoms with Crippen LogP contribution in [0, 0.1) is 5.92 Å². The van der Waals surface area contributed by atoms with Gasteiger partial charge in [0.25, 0.3) is 0 Å². The van der Waals surface area contributed by atoms with Gasteiger partial charge >= 0.3 is 0 Å². The Balaban J connectivity index is 1.93. The van der Waals surface area contributed by atoms with Crippen LogP contribution in [0.1, 0.15) is 25.7 Å². The summed E-state index contributed by atoms with van der Waals surface area (Å²) in [4.78, 5) is 4.38. The lowest BCUT2D eigenvalue weighted by Gasteiger charge is -2.18. The zero-order valence-electron chi connectivity index (χ0n) is 11.5. The second-order valence-corrected chi connectivity index (χ2v) is 5.37. The molecule has 1 heterocycles. The summed E-state index contributed by atoms with van der Waals surface area (Å²) in [6.45, 7) is 1.92. The average Bonchev–Trinajstić information content (AvgIpc) is 3.18. The Morgan fingerprint density at radius 3 is 2.85 bits per heavy atom. The van der Waals surface area contributed by atoms with Gasteiger partial charge in [0.1, 0.15) is 0 Å². The molecule has 0 amide bonds. The third-order valence-electron chi connectivity index (χ3n) is 3.75. The van der Waals surface area contributed by atoms with Crippen molar-refractivity contribution in [2.75, 3.05) is 7.11 Å². The number of rotatable bonds is 4. The fraction of sp³-hybridized carbons (Fsp3) is 0.429. The number of aromatic hydroxyl groups is 1. The molecule has 1 atom stereocenters. The van der Waals surface area contributed by atoms with E-state index in [1.54, 1.807) is 12.1 Å². The van der Waals surface area contributed by atoms with Crippen LogP contribution in [0.3, 0.4) is 0 Å². The van der Waals surface area contributed by atoms with Gasteiger partial charge in [-0.15, -0.1) is 0 Å². The molecule has 1 aliphatic rings. The number of hydrogen-bond donors (Lipinski definition) is 2. The van der Waals surface area contributed by atoms with E-state index in [2.05, 4.69) is 10.1 Å². The summed E-state index contributed by atoms with van der Waals surface area (Å²) in [5.41, 5.74) is 6.39. The topological polar surface area (TPSA) is 94.4 Å². The van der Waals surface area contributed by atoms with Gasteiger partial charge in [-0.25, -0.2) is 0 Å². The molecule has 6 heteroatoms. The second kappa shape index (κ2) is 4.49. The van der Waals surface area contributed by atoms with Gasteiger partial charge in [-0.2, -0.15) is 4.98 Å². The minimum atomic E-state index is -0.577. The molecule has 0 saturated heterocycles. The molecule has 1 aromatic carbocycles. The Hall–Kier alpha value is -2.08. The first-order valence-electron chi connectivity index (χ1n) is 6.53. The van der Waals surface area contributed by atoms with Crippen molar-refractivity contribution in [1.29, 1.82) is 0 Å². The van der Waals surface area contributed by atoms with Gasteiger partial charge in [-0.05, 0) is 43.9 Å². The molecule has 3 rings (SSSR count). The lowest BCUT2D eigenvalue weighted by atomic mass is 9.97. The quantitative estimate of drug-likeness (QED) is 0.886. The summed E-state index contributed by atoms with van der Waals surface area (Å²) < 4.78 is 10.4. The number of aromatic nitrogens is 2. The van der Waals surface area contributed by atoms with E-state index in [9.17, 15) is 5.11 Å². The largest absolute Gasteiger partial charge is 0.504 e. The molecule has 2 aromatic rings. The van der Waals surface area contributed by atoms with Crippen LogP contribution in [-0.2, 0) is 5.54 Å². The predicted octanol–water partition coefficient (Wildman–Crippen LogP) is 2.03. The standard InChI is InChI=1S/C14H17N3O3/c1-14(15,9-4-5-9)13-16-12(17-20-13)8-3-6-10(18)11(7-8)19-2/h3,6-7,9,18H,4-5,15H2,1-2H3. The molecule has 1 saturated carbocycles. The summed E-state index contributed by atoms with van der Waals surface area (Å²) in [6.07, 6.45) is 2.19. The van der Waals surface area contributed by atoms with E-state index in [0.717, 1.165) is 12.8 Å². The molecule has 106 valence electrons. The minimum absolute atomic E-state index is 0.0709. The third-order valence-corrected chi connectivity index (χ3v) is 3.75. The van der Waals surface area contributed by atoms with Crippen LogP contribution in [0.4, 0.5) is 0 Å². The number of nitrogens with zero attached hydrogens (tertiary/aromatic N) is 2. The van der Waals surface area contributed by atoms with E-state index < -0.39 is 5.54 Å². The number of ether oxygens (including phenoxy) is 1. The van der Waals surface area contributed by atoms with Crippen LogP contribution in [0.2, 0.25) is 0 Å². The van der Waals surface area contributed by atoms with Crippen molar-refractivity contribution in [3.8, 4) is 22.9 Å². The zero-order chi connectivity index (χ0) is 14.3. The van der Waals surface area contributed by atoms with Crippen molar-refractivity contribution in [1.82, 2.24) is 10.1 Å². The first-order valence-corrected chi connectivity index (χ1v) is 6.53. The maximum absolute atomic E-state index is 9.59. The van der Waals surface area contributed by atoms with Crippen molar-refractivity contribution < 1.29 is 14.4 Å². The Morgan fingerprint density at radius 1 is 1.45 bits per heavy atom. The average molecular weight is 275 g/mol. The number of nitrogens with two attached hydrogens (primary N) is 1. The summed E-state index contributed by atoms with van der Waals surface area (Å²) in [6, 6.07) is 4.90. The van der Waals surface area contributed by atoms with Crippen LogP contribution in [0.25, 0.3) is 11.4 Å². The van der Waals surface area contributed by atoms with Crippen molar-refractivity contribution in [3.63, 3.8) is 0 Å². The molecule has 0 spiro atoms. The predicted molar refractivity (Wildman–Crippen MR) is 72.2 cm³/mol. The molecule has 1 aromatic heterocycles. The highest BCUT2D eigenvalue weighted by atomic mass is 16.5. The van der Waals surface area contributed by atoms with Crippen LogP contribution in [0.5, 0.6) is 11.5 Å². The third kappa shape index (κ3) is 2.12. The monoisotopic (exact) mass is 275 g/mol. The number of methoxy groups -OCH3 is 1. The minimum Gasteiger partial charge on any atom is -0.504 e. The summed E-state index contributed by atoms with van der Waals surface area (Å²) in [5.74, 6) is 1.73. The van der Waals surface area contributed by atoms with Crippen molar-refractivity contribution in [2.24, 2.45) is 11.7 Å². The smallest absolute Gasteiger partial charge is 0.247 e. The molecular weight excluding hydrogens is 258 g/mol. The van der Waals surface area contributed by atoms with E-state index in [1.165, 1.54) is 13.2 Å². The molecule has 20 heavy (non-hydrogen) atoms. The SMILES string of the molecule is COc1cc(-c2noc(C(C)(N)C3CC3)n2)ccc1O. The molecule has 6 nitrogen and oxygen atoms in total. The van der Waals surface area contributed by atoms with E-state index in [-0.39, 0.29) is 5.75 Å². The van der Waals surface area contributed by atoms with E-state index >= 15 is 0 Å². The molecule has 0 radical (unpaired) electrons. The molecule has 3 N–H and O–H groups in total. The van der Waals surface area contributed by atoms with Crippen LogP contribution >= 0.6 is 0 Å². The highest BCUT2D eigenvalue weighted by molar-refractivity contribution is 5.60. The van der Waals surface area contributed by atoms with Gasteiger partial charge in [-0.3, -0.25) is 0 Å². The molecule has 1 aliphatic carbocycles. The van der Waals surface area contributed by atoms with Gasteiger partial charge < -0.3 is 20.1 Å². The summed E-state index contributed by atoms with van der Waals surface area (Å²) in [7, 11) is 1.49. The van der Waals surface area contributed by atoms with Crippen molar-refractivity contribution in [3.05, 3.63) is 24.1 Å². The first-order chi connectivity index (χ1) is 9.52. The molecule has 0 bridgehead atoms. The van der Waals surface area contributed by atoms with E-state index in [4.69, 9.17) is 15.0 Å². The Morgan fingerprint density at radius 2 is 2.20 bits per heavy atom. The number of phenols is 1. The number of benzene rings is 1. The molecular formula is C14H17N3O3. The van der Waals surface area contributed by atoms with Crippen LogP contribution in [-0.4, -0.2) is 22.4 Å². The Labute approximate surface area is 116 Å². The number of hydrogen-bond acceptors (Lipinski definition) is 6. The fourth-order valence-corrected chi connectivity index (χ4v) is 2.23. The molecule has 1 fully saturated rings. The van der Waals surface area contributed by atoms with Gasteiger partial charge in [0.15, 0.2) is 11.5 Å². The van der Waals surface area contributed by atoms with Crippen LogP contribution < -0.4 is 10.5 Å². The number of phenolic OH excluding ortho intramolecular Hbond substituents is 1. The van der Waals surface area contributed by atoms with Crippen molar-refractivity contribution >= 4 is 0 Å². The van der Waals surface area contributed by atoms with Gasteiger partial charge in [0.2, 0.25) is 11.7 Å². The van der Waals surface area contributed by atoms with Crippen molar-refractivity contribution in [2.45, 2.75) is 25.3 Å². The Kier molecular flexibility index (Phi) is 2.90. The fourth-order valence-electron chi connectivity index (χ4n) is 2.23. The normalized spacial score (nSPS) is 17.8. The van der Waals surface area contributed by atoms with Crippen LogP contribution in [0.15, 0.2) is 22.7 Å². The lowest BCUT2D eigenvalue weighted by molar-refractivity contribution is 0.273. The van der Waals surface area contributed by atoms with E-state index in [0.29, 0.717) is 28.9 Å². The molecule has 0 aliphatic heterocycles. The lowest BCUT2D eigenvalue weighted by Crippen LogP contribution is -2.35. The maximum atomic E-state index is 9.59. The first kappa shape index (κ1) is 12.9. The molecule has 1 unspecified atom stereocenters. The van der Waals surface area contributed by atoms with Gasteiger partial charge in [-0.1, -0.05) is 5.16 Å². The second-order valence-electron chi connectivity index (χ2n) is 5.37. The van der Waals surface area contributed by atoms with Gasteiger partial charge in [0, 0.05) is 5.56 Å². The highest BCUT2D eigenvalue weighted by Gasteiger charge is 2.43. The van der Waals surface area contributed by atoms with E-state index in [1.807, 2.05) is 6.92 Å². The summed E-state index contributed by atoms with van der Waals surface area (Å²) >= 11 is 0. The maximum Gasteiger partial charge on any atom is 0.247 e. The van der Waals surface area contributed by atoms with Gasteiger partial charge in [0.05, 0.1) is 12.6 Å². The summed E-state index contributed by atoms with van der Waals surface area (Å²) in [5, 5.41) is 13.6.